The van der Waals surface area contributed by atoms with Gasteiger partial charge in [0.05, 0.1) is 0 Å². The van der Waals surface area contributed by atoms with Gasteiger partial charge < -0.3 is 9.67 Å². The second-order valence-electron chi connectivity index (χ2n) is 6.62. The Bertz CT molecular complexity index is 1160. The Morgan fingerprint density at radius 1 is 1.18 bits per heavy atom. The second-order valence-corrected chi connectivity index (χ2v) is 8.99. The highest BCUT2D eigenvalue weighted by Gasteiger charge is 2.41. The highest BCUT2D eigenvalue weighted by molar-refractivity contribution is 7.93. The summed E-state index contributed by atoms with van der Waals surface area (Å²) in [6.45, 7) is 1.82. The summed E-state index contributed by atoms with van der Waals surface area (Å²) in [5.74, 6) is -0.980. The second kappa shape index (κ2) is 7.45. The van der Waals surface area contributed by atoms with Crippen LogP contribution < -0.4 is 0 Å². The summed E-state index contributed by atoms with van der Waals surface area (Å²) in [5.41, 5.74) is 0.704. The van der Waals surface area contributed by atoms with E-state index < -0.39 is 21.3 Å². The number of hydrogen-bond donors (Lipinski definition) is 1. The molecule has 0 aliphatic carbocycles. The average molecular weight is 418 g/mol. The number of aromatic nitrogens is 1. The van der Waals surface area contributed by atoms with Crippen molar-refractivity contribution in [2.75, 3.05) is 6.26 Å². The van der Waals surface area contributed by atoms with Crippen LogP contribution >= 0.6 is 11.6 Å². The molecule has 146 valence electrons. The monoisotopic (exact) mass is 417 g/mol. The minimum Gasteiger partial charge on any atom is -0.479 e. The van der Waals surface area contributed by atoms with Crippen molar-refractivity contribution in [2.45, 2.75) is 18.9 Å². The van der Waals surface area contributed by atoms with Gasteiger partial charge in [-0.05, 0) is 47.9 Å². The van der Waals surface area contributed by atoms with Gasteiger partial charge in [-0.2, -0.15) is 0 Å². The van der Waals surface area contributed by atoms with E-state index in [1.54, 1.807) is 53.2 Å². The molecule has 5 nitrogen and oxygen atoms in total. The first-order valence-electron chi connectivity index (χ1n) is 8.67. The van der Waals surface area contributed by atoms with Gasteiger partial charge in [-0.25, -0.2) is 13.2 Å². The van der Waals surface area contributed by atoms with Gasteiger partial charge in [0.15, 0.2) is 15.4 Å². The zero-order valence-corrected chi connectivity index (χ0v) is 17.0. The van der Waals surface area contributed by atoms with Gasteiger partial charge in [-0.15, -0.1) is 0 Å². The summed E-state index contributed by atoms with van der Waals surface area (Å²) in [5, 5.41) is 12.7. The van der Waals surface area contributed by atoms with Crippen LogP contribution in [-0.2, 0) is 20.2 Å². The van der Waals surface area contributed by atoms with E-state index in [0.29, 0.717) is 28.1 Å². The lowest BCUT2D eigenvalue weighted by molar-refractivity contribution is -0.145. The molecule has 3 rings (SSSR count). The van der Waals surface area contributed by atoms with Crippen LogP contribution in [0.25, 0.3) is 17.0 Å². The third-order valence-electron chi connectivity index (χ3n) is 4.86. The summed E-state index contributed by atoms with van der Waals surface area (Å²) in [7, 11) is -3.27. The Balaban J connectivity index is 2.27. The van der Waals surface area contributed by atoms with Crippen LogP contribution in [0.15, 0.2) is 60.1 Å². The number of carbonyl (C=O) groups is 1. The molecule has 28 heavy (non-hydrogen) atoms. The summed E-state index contributed by atoms with van der Waals surface area (Å²) < 4.78 is 24.7. The zero-order chi connectivity index (χ0) is 20.5. The van der Waals surface area contributed by atoms with E-state index >= 15 is 0 Å². The lowest BCUT2D eigenvalue weighted by Crippen LogP contribution is -2.42. The number of hydrogen-bond acceptors (Lipinski definition) is 3. The van der Waals surface area contributed by atoms with Crippen LogP contribution in [-0.4, -0.2) is 30.3 Å². The highest BCUT2D eigenvalue weighted by atomic mass is 35.5. The van der Waals surface area contributed by atoms with Crippen molar-refractivity contribution >= 4 is 44.4 Å². The molecule has 0 amide bonds. The molecule has 0 saturated carbocycles. The van der Waals surface area contributed by atoms with Crippen molar-refractivity contribution in [2.24, 2.45) is 0 Å². The fourth-order valence-electron chi connectivity index (χ4n) is 3.48. The summed E-state index contributed by atoms with van der Waals surface area (Å²) in [6, 6.07) is 14.0. The summed E-state index contributed by atoms with van der Waals surface area (Å²) in [4.78, 5) is 12.5. The molecule has 1 atom stereocenters. The predicted molar refractivity (Wildman–Crippen MR) is 112 cm³/mol. The van der Waals surface area contributed by atoms with E-state index in [4.69, 9.17) is 11.6 Å². The lowest BCUT2D eigenvalue weighted by atomic mass is 9.86. The van der Waals surface area contributed by atoms with Crippen LogP contribution in [0.2, 0.25) is 5.02 Å². The van der Waals surface area contributed by atoms with Crippen molar-refractivity contribution < 1.29 is 18.3 Å². The number of nitrogens with zero attached hydrogens (tertiary/aromatic N) is 1. The number of sulfone groups is 1. The molecule has 2 aromatic carbocycles. The highest BCUT2D eigenvalue weighted by Crippen LogP contribution is 2.36. The number of halogens is 1. The standard InChI is InChI=1S/C21H20ClNO4S/c1-3-21(20(24)25,16-7-9-17(22)10-8-16)23-13-11-18-15(5-4-6-19(18)23)12-14-28(2,26)27/h4-14H,3H2,1-2H3,(H,24,25)/b14-12+. The Kier molecular flexibility index (Phi) is 5.37. The van der Waals surface area contributed by atoms with Gasteiger partial charge >= 0.3 is 5.97 Å². The Morgan fingerprint density at radius 2 is 1.86 bits per heavy atom. The number of rotatable bonds is 6. The molecule has 0 aliphatic heterocycles. The molecule has 0 saturated heterocycles. The molecule has 1 aromatic heterocycles. The first-order valence-corrected chi connectivity index (χ1v) is 11.0. The van der Waals surface area contributed by atoms with Crippen molar-refractivity contribution in [3.63, 3.8) is 0 Å². The molecular weight excluding hydrogens is 398 g/mol. The van der Waals surface area contributed by atoms with E-state index in [1.165, 1.54) is 6.08 Å². The van der Waals surface area contributed by atoms with Crippen molar-refractivity contribution in [3.8, 4) is 0 Å². The minimum absolute atomic E-state index is 0.317. The van der Waals surface area contributed by atoms with Gasteiger partial charge in [-0.3, -0.25) is 0 Å². The van der Waals surface area contributed by atoms with E-state index in [9.17, 15) is 18.3 Å². The Labute approximate surface area is 168 Å². The smallest absolute Gasteiger partial charge is 0.334 e. The SMILES string of the molecule is CCC(C(=O)O)(c1ccc(Cl)cc1)n1ccc2c(/C=C/S(C)(=O)=O)cccc21. The summed E-state index contributed by atoms with van der Waals surface area (Å²) >= 11 is 5.99. The van der Waals surface area contributed by atoms with E-state index in [1.807, 2.05) is 13.0 Å². The molecule has 0 fully saturated rings. The average Bonchev–Trinajstić information content (AvgIpc) is 3.07. The van der Waals surface area contributed by atoms with Crippen LogP contribution in [0.3, 0.4) is 0 Å². The molecule has 3 aromatic rings. The quantitative estimate of drug-likeness (QED) is 0.638. The maximum atomic E-state index is 12.5. The maximum Gasteiger partial charge on any atom is 0.334 e. The summed E-state index contributed by atoms with van der Waals surface area (Å²) in [6.07, 6.45) is 4.70. The molecule has 0 aliphatic rings. The molecule has 0 radical (unpaired) electrons. The number of carboxylic acid groups (broad SMARTS) is 1. The number of benzene rings is 2. The van der Waals surface area contributed by atoms with Crippen LogP contribution in [0.5, 0.6) is 0 Å². The topological polar surface area (TPSA) is 76.4 Å². The Morgan fingerprint density at radius 3 is 2.43 bits per heavy atom. The van der Waals surface area contributed by atoms with Crippen LogP contribution in [0, 0.1) is 0 Å². The van der Waals surface area contributed by atoms with Gasteiger partial charge in [0.1, 0.15) is 0 Å². The maximum absolute atomic E-state index is 12.5. The van der Waals surface area contributed by atoms with Gasteiger partial charge in [-0.1, -0.05) is 42.8 Å². The third kappa shape index (κ3) is 3.57. The molecule has 1 unspecified atom stereocenters. The molecule has 1 heterocycles. The molecule has 0 bridgehead atoms. The zero-order valence-electron chi connectivity index (χ0n) is 15.5. The Hall–Kier alpha value is -2.57. The largest absolute Gasteiger partial charge is 0.479 e. The lowest BCUT2D eigenvalue weighted by Gasteiger charge is -2.32. The predicted octanol–water partition coefficient (Wildman–Crippen LogP) is 4.55. The van der Waals surface area contributed by atoms with Crippen LogP contribution in [0.1, 0.15) is 24.5 Å². The normalized spacial score (nSPS) is 14.4. The number of aliphatic carboxylic acids is 1. The molecular formula is C21H20ClNO4S. The van der Waals surface area contributed by atoms with Crippen molar-refractivity contribution in [1.29, 1.82) is 0 Å². The first kappa shape index (κ1) is 20.2. The number of fused-ring (bicyclic) bond motifs is 1. The van der Waals surface area contributed by atoms with Crippen molar-refractivity contribution in [1.82, 2.24) is 4.57 Å². The molecule has 7 heteroatoms. The third-order valence-corrected chi connectivity index (χ3v) is 5.74. The fraction of sp³-hybridized carbons (Fsp3) is 0.190. The van der Waals surface area contributed by atoms with E-state index in [2.05, 4.69) is 0 Å². The van der Waals surface area contributed by atoms with Crippen LogP contribution in [0.4, 0.5) is 0 Å². The van der Waals surface area contributed by atoms with E-state index in [0.717, 1.165) is 17.1 Å². The van der Waals surface area contributed by atoms with Gasteiger partial charge in [0.25, 0.3) is 0 Å². The van der Waals surface area contributed by atoms with Gasteiger partial charge in [0.2, 0.25) is 0 Å². The van der Waals surface area contributed by atoms with Gasteiger partial charge in [0, 0.05) is 33.8 Å². The number of carboxylic acids is 1. The fourth-order valence-corrected chi connectivity index (χ4v) is 4.00. The first-order chi connectivity index (χ1) is 13.2. The molecule has 0 spiro atoms. The van der Waals surface area contributed by atoms with Crippen molar-refractivity contribution in [3.05, 3.63) is 76.3 Å². The minimum atomic E-state index is -3.27. The van der Waals surface area contributed by atoms with E-state index in [-0.39, 0.29) is 0 Å². The molecule has 1 N–H and O–H groups in total.